The zero-order chi connectivity index (χ0) is 11.1. The van der Waals surface area contributed by atoms with Crippen molar-refractivity contribution in [1.82, 2.24) is 0 Å². The summed E-state index contributed by atoms with van der Waals surface area (Å²) in [4.78, 5) is 0. The van der Waals surface area contributed by atoms with Crippen molar-refractivity contribution in [2.75, 3.05) is 0 Å². The van der Waals surface area contributed by atoms with E-state index in [1.807, 2.05) is 0 Å². The molecule has 1 saturated carbocycles. The molecule has 1 fully saturated rings. The van der Waals surface area contributed by atoms with E-state index in [-0.39, 0.29) is 0 Å². The molecule has 0 heterocycles. The van der Waals surface area contributed by atoms with Gasteiger partial charge in [0.05, 0.1) is 0 Å². The summed E-state index contributed by atoms with van der Waals surface area (Å²) in [6.45, 7) is 0. The van der Waals surface area contributed by atoms with Gasteiger partial charge in [0, 0.05) is 0 Å². The third kappa shape index (κ3) is 12.1. The molecule has 0 aromatic heterocycles. The van der Waals surface area contributed by atoms with Crippen molar-refractivity contribution in [2.45, 2.75) is 12.3 Å². The fraction of sp³-hybridized carbons (Fsp3) is 0.667. The maximum atomic E-state index is 11.1. The Balaban J connectivity index is 0.000000223. The van der Waals surface area contributed by atoms with Crippen molar-refractivity contribution in [3.8, 4) is 0 Å². The Labute approximate surface area is 68.6 Å². The molecule has 0 bridgehead atoms. The van der Waals surface area contributed by atoms with Crippen LogP contribution in [0.15, 0.2) is 0 Å². The van der Waals surface area contributed by atoms with Crippen LogP contribution in [0.2, 0.25) is 0 Å². The molecule has 1 rings (SSSR count). The molecule has 0 aromatic carbocycles. The third-order valence-electron chi connectivity index (χ3n) is 0.675. The van der Waals surface area contributed by atoms with Gasteiger partial charge < -0.3 is 0 Å². The van der Waals surface area contributed by atoms with Crippen LogP contribution in [0.4, 0.5) is 30.0 Å². The molecule has 10 heteroatoms. The quantitative estimate of drug-likeness (QED) is 0.363. The molecule has 1 aliphatic rings. The Morgan fingerprint density at radius 1 is 0.769 bits per heavy atom. The fourth-order valence-electron chi connectivity index (χ4n) is 0.176. The van der Waals surface area contributed by atoms with Gasteiger partial charge in [-0.2, -0.15) is 8.78 Å². The van der Waals surface area contributed by atoms with Crippen LogP contribution in [0.5, 0.6) is 0 Å². The van der Waals surface area contributed by atoms with Crippen LogP contribution in [0.3, 0.4) is 0 Å². The van der Waals surface area contributed by atoms with Crippen LogP contribution in [0, 0.1) is 6.17 Å². The monoisotopic (exact) mass is 330 g/mol. The summed E-state index contributed by atoms with van der Waals surface area (Å²) in [5, 5.41) is 0. The first-order valence-corrected chi connectivity index (χ1v) is 8.34. The zero-order valence-corrected chi connectivity index (χ0v) is 8.06. The van der Waals surface area contributed by atoms with Gasteiger partial charge in [-0.15, -0.1) is 0 Å². The molecule has 2 atom stereocenters. The van der Waals surface area contributed by atoms with Gasteiger partial charge in [0.2, 0.25) is 0 Å². The van der Waals surface area contributed by atoms with Crippen molar-refractivity contribution in [3.05, 3.63) is 6.17 Å². The normalized spacial score (nSPS) is 32.5. The van der Waals surface area contributed by atoms with Gasteiger partial charge in [-0.1, -0.05) is 0 Å². The van der Waals surface area contributed by atoms with Gasteiger partial charge in [-0.3, -0.25) is 0 Å². The Kier molecular flexibility index (Phi) is 2.56. The molecule has 2 unspecified atom stereocenters. The summed E-state index contributed by atoms with van der Waals surface area (Å²) < 4.78 is 92.8. The van der Waals surface area contributed by atoms with Gasteiger partial charge in [-0.25, -0.2) is 0 Å². The third-order valence-corrected chi connectivity index (χ3v) is 0.675. The SMILES string of the molecule is F[C+]1C(F)C1F.[F][Sb-]([F])([F])([F])([F])[F]. The summed E-state index contributed by atoms with van der Waals surface area (Å²) in [7, 11) is 0. The second-order valence-corrected chi connectivity index (χ2v) is 7.62. The van der Waals surface area contributed by atoms with E-state index in [0.717, 1.165) is 0 Å². The predicted octanol–water partition coefficient (Wildman–Crippen LogP) is 3.32. The summed E-state index contributed by atoms with van der Waals surface area (Å²) in [5.74, 6) is 0. The van der Waals surface area contributed by atoms with E-state index in [9.17, 15) is 30.0 Å². The molecule has 0 nitrogen and oxygen atoms in total. The molecule has 0 spiro atoms. The Hall–Kier alpha value is 0.0582. The van der Waals surface area contributed by atoms with Gasteiger partial charge >= 0.3 is 54.9 Å². The average Bonchev–Trinajstić information content (AvgIpc) is 2.14. The Bertz CT molecular complexity index is 156. The second kappa shape index (κ2) is 2.55. The molecule has 1 aliphatic carbocycles. The minimum absolute atomic E-state index is 1.16. The maximum absolute atomic E-state index is 11.2. The number of hydrogen-bond donors (Lipinski definition) is 0. The fourth-order valence-corrected chi connectivity index (χ4v) is 0.176. The van der Waals surface area contributed by atoms with Crippen LogP contribution in [-0.2, 0) is 0 Å². The number of halogens is 9. The van der Waals surface area contributed by atoms with Crippen LogP contribution in [0.1, 0.15) is 0 Å². The van der Waals surface area contributed by atoms with Crippen LogP contribution < -0.4 is 0 Å². The number of hydrogen-bond acceptors (Lipinski definition) is 0. The van der Waals surface area contributed by atoms with Crippen LogP contribution in [-0.4, -0.2) is 31.8 Å². The molecule has 0 radical (unpaired) electrons. The van der Waals surface area contributed by atoms with Crippen molar-refractivity contribution in [2.24, 2.45) is 0 Å². The summed E-state index contributed by atoms with van der Waals surface area (Å²) in [6, 6.07) is 0. The van der Waals surface area contributed by atoms with Crippen molar-refractivity contribution < 1.29 is 30.0 Å². The van der Waals surface area contributed by atoms with Gasteiger partial charge in [0.15, 0.2) is 0 Å². The predicted molar refractivity (Wildman–Crippen MR) is 26.5 cm³/mol. The van der Waals surface area contributed by atoms with E-state index in [4.69, 9.17) is 0 Å². The molecule has 0 aliphatic heterocycles. The van der Waals surface area contributed by atoms with Gasteiger partial charge in [-0.05, 0) is 4.39 Å². The summed E-state index contributed by atoms with van der Waals surface area (Å²) in [5.41, 5.74) is 0. The standard InChI is InChI=1S/C3H2F3.6FH.Sb/c4-1-2(5)3(1)6;;;;;;;/h1-2H;6*1H;/q+1;;;;;;;+5/p-6. The van der Waals surface area contributed by atoms with E-state index in [1.54, 1.807) is 0 Å². The van der Waals surface area contributed by atoms with Crippen molar-refractivity contribution in [1.29, 1.82) is 0 Å². The molecule has 13 heavy (non-hydrogen) atoms. The van der Waals surface area contributed by atoms with E-state index in [1.165, 1.54) is 0 Å². The molecule has 0 aromatic rings. The van der Waals surface area contributed by atoms with Crippen LogP contribution >= 0.6 is 0 Å². The number of rotatable bonds is 0. The van der Waals surface area contributed by atoms with Crippen molar-refractivity contribution in [3.63, 3.8) is 0 Å². The first kappa shape index (κ1) is 13.1. The molecule has 0 saturated heterocycles. The Morgan fingerprint density at radius 3 is 0.846 bits per heavy atom. The minimum atomic E-state index is -11.2. The van der Waals surface area contributed by atoms with E-state index in [0.29, 0.717) is 0 Å². The zero-order valence-electron chi connectivity index (χ0n) is 5.50. The Morgan fingerprint density at radius 2 is 0.846 bits per heavy atom. The van der Waals surface area contributed by atoms with Crippen molar-refractivity contribution >= 4 is 19.5 Å². The van der Waals surface area contributed by atoms with E-state index >= 15 is 0 Å². The van der Waals surface area contributed by atoms with E-state index < -0.39 is 38.0 Å². The molecule has 0 amide bonds. The topological polar surface area (TPSA) is 0 Å². The first-order chi connectivity index (χ1) is 5.18. The molecule has 0 N–H and O–H groups in total. The summed E-state index contributed by atoms with van der Waals surface area (Å²) >= 11 is -11.2. The average molecular weight is 331 g/mol. The van der Waals surface area contributed by atoms with E-state index in [2.05, 4.69) is 0 Å². The van der Waals surface area contributed by atoms with Gasteiger partial charge in [0.1, 0.15) is 0 Å². The molecular weight excluding hydrogens is 329 g/mol. The second-order valence-electron chi connectivity index (χ2n) is 2.15. The molecular formula is C3H2F9Sb. The first-order valence-electron chi connectivity index (χ1n) is 2.55. The summed E-state index contributed by atoms with van der Waals surface area (Å²) in [6.07, 6.45) is -4.95. The van der Waals surface area contributed by atoms with Crippen LogP contribution in [0.25, 0.3) is 0 Å². The molecule has 82 valence electrons. The number of alkyl halides is 2. The van der Waals surface area contributed by atoms with Gasteiger partial charge in [0.25, 0.3) is 0 Å².